The molecule has 0 aromatic carbocycles. The van der Waals surface area contributed by atoms with Crippen LogP contribution in [0.25, 0.3) is 5.65 Å². The number of anilines is 1. The third-order valence-electron chi connectivity index (χ3n) is 3.48. The summed E-state index contributed by atoms with van der Waals surface area (Å²) in [7, 11) is 0. The summed E-state index contributed by atoms with van der Waals surface area (Å²) in [6, 6.07) is 3.84. The van der Waals surface area contributed by atoms with E-state index in [9.17, 15) is 4.79 Å². The van der Waals surface area contributed by atoms with E-state index in [2.05, 4.69) is 10.1 Å². The molecule has 1 saturated heterocycles. The molecule has 2 aromatic rings. The van der Waals surface area contributed by atoms with E-state index in [-0.39, 0.29) is 6.54 Å². The van der Waals surface area contributed by atoms with E-state index in [0.29, 0.717) is 18.9 Å². The number of hydrogen-bond donors (Lipinski definition) is 2. The molecule has 1 aliphatic heterocycles. The number of carboxylic acids is 1. The lowest BCUT2D eigenvalue weighted by Gasteiger charge is -2.18. The first-order valence-electron chi connectivity index (χ1n) is 6.08. The molecule has 0 saturated carbocycles. The van der Waals surface area contributed by atoms with E-state index in [4.69, 9.17) is 10.8 Å². The van der Waals surface area contributed by atoms with Gasteiger partial charge in [-0.1, -0.05) is 6.07 Å². The maximum absolute atomic E-state index is 11.1. The van der Waals surface area contributed by atoms with Crippen molar-refractivity contribution in [1.82, 2.24) is 14.6 Å². The van der Waals surface area contributed by atoms with Crippen LogP contribution in [0.3, 0.4) is 0 Å². The molecule has 100 valence electrons. The molecule has 0 bridgehead atoms. The smallest absolute Gasteiger partial charge is 0.325 e. The molecule has 0 radical (unpaired) electrons. The zero-order chi connectivity index (χ0) is 13.6. The zero-order valence-electron chi connectivity index (χ0n) is 10.6. The fraction of sp³-hybridized carbons (Fsp3) is 0.417. The molecular formula is C12H15N5O2. The van der Waals surface area contributed by atoms with E-state index in [1.807, 2.05) is 30.2 Å². The normalized spacial score (nSPS) is 23.2. The largest absolute Gasteiger partial charge is 0.480 e. The van der Waals surface area contributed by atoms with Gasteiger partial charge in [0.1, 0.15) is 5.54 Å². The number of nitrogens with zero attached hydrogens (tertiary/aromatic N) is 4. The molecule has 3 rings (SSSR count). The van der Waals surface area contributed by atoms with Crippen molar-refractivity contribution in [3.63, 3.8) is 0 Å². The molecular weight excluding hydrogens is 246 g/mol. The van der Waals surface area contributed by atoms with Gasteiger partial charge in [0.2, 0.25) is 5.95 Å². The van der Waals surface area contributed by atoms with Gasteiger partial charge in [-0.05, 0) is 25.0 Å². The summed E-state index contributed by atoms with van der Waals surface area (Å²) in [5.74, 6) is -0.450. The Kier molecular flexibility index (Phi) is 2.46. The average Bonchev–Trinajstić information content (AvgIpc) is 2.93. The second kappa shape index (κ2) is 3.92. The molecule has 1 aliphatic rings. The van der Waals surface area contributed by atoms with Gasteiger partial charge >= 0.3 is 5.97 Å². The van der Waals surface area contributed by atoms with Gasteiger partial charge in [-0.15, -0.1) is 5.10 Å². The van der Waals surface area contributed by atoms with Crippen molar-refractivity contribution in [2.24, 2.45) is 5.73 Å². The topological polar surface area (TPSA) is 96.8 Å². The van der Waals surface area contributed by atoms with Gasteiger partial charge in [0.05, 0.1) is 0 Å². The highest BCUT2D eigenvalue weighted by molar-refractivity contribution is 5.80. The van der Waals surface area contributed by atoms with Gasteiger partial charge in [0.25, 0.3) is 0 Å². The number of aromatic nitrogens is 3. The third kappa shape index (κ3) is 1.91. The van der Waals surface area contributed by atoms with Crippen LogP contribution in [0, 0.1) is 6.92 Å². The van der Waals surface area contributed by atoms with Crippen LogP contribution < -0.4 is 10.6 Å². The molecule has 1 fully saturated rings. The highest BCUT2D eigenvalue weighted by Crippen LogP contribution is 2.23. The van der Waals surface area contributed by atoms with Crippen LogP contribution in [0.15, 0.2) is 18.3 Å². The molecule has 0 spiro atoms. The van der Waals surface area contributed by atoms with Crippen LogP contribution in [-0.4, -0.2) is 44.3 Å². The number of aliphatic carboxylic acids is 1. The minimum atomic E-state index is -1.20. The Morgan fingerprint density at radius 1 is 1.53 bits per heavy atom. The van der Waals surface area contributed by atoms with Crippen LogP contribution in [0.5, 0.6) is 0 Å². The van der Waals surface area contributed by atoms with Crippen molar-refractivity contribution < 1.29 is 9.90 Å². The lowest BCUT2D eigenvalue weighted by Crippen LogP contribution is -2.50. The second-order valence-electron chi connectivity index (χ2n) is 5.05. The molecule has 3 heterocycles. The van der Waals surface area contributed by atoms with Crippen LogP contribution in [0.4, 0.5) is 5.95 Å². The number of nitrogens with two attached hydrogens (primary N) is 1. The van der Waals surface area contributed by atoms with Crippen molar-refractivity contribution in [2.45, 2.75) is 18.9 Å². The lowest BCUT2D eigenvalue weighted by molar-refractivity contribution is -0.142. The minimum Gasteiger partial charge on any atom is -0.480 e. The predicted molar refractivity (Wildman–Crippen MR) is 69.1 cm³/mol. The molecule has 2 aromatic heterocycles. The van der Waals surface area contributed by atoms with E-state index in [1.165, 1.54) is 0 Å². The van der Waals surface area contributed by atoms with Crippen molar-refractivity contribution in [3.05, 3.63) is 23.9 Å². The van der Waals surface area contributed by atoms with Gasteiger partial charge in [-0.25, -0.2) is 4.52 Å². The first-order chi connectivity index (χ1) is 8.98. The highest BCUT2D eigenvalue weighted by Gasteiger charge is 2.42. The Labute approximate surface area is 109 Å². The number of fused-ring (bicyclic) bond motifs is 1. The monoisotopic (exact) mass is 261 g/mol. The SMILES string of the molecule is Cc1ccc2nc(N3CCC(N)(C(=O)O)C3)nn2c1. The van der Waals surface area contributed by atoms with Crippen molar-refractivity contribution >= 4 is 17.6 Å². The minimum absolute atomic E-state index is 0.234. The molecule has 1 unspecified atom stereocenters. The molecule has 7 heteroatoms. The van der Waals surface area contributed by atoms with Gasteiger partial charge in [0.15, 0.2) is 5.65 Å². The predicted octanol–water partition coefficient (Wildman–Crippen LogP) is 0.0299. The van der Waals surface area contributed by atoms with Crippen molar-refractivity contribution in [3.8, 4) is 0 Å². The second-order valence-corrected chi connectivity index (χ2v) is 5.05. The first kappa shape index (κ1) is 11.9. The number of aryl methyl sites for hydroxylation is 1. The number of pyridine rings is 1. The van der Waals surface area contributed by atoms with Crippen molar-refractivity contribution in [1.29, 1.82) is 0 Å². The van der Waals surface area contributed by atoms with Gasteiger partial charge < -0.3 is 15.7 Å². The summed E-state index contributed by atoms with van der Waals surface area (Å²) in [6.07, 6.45) is 2.28. The molecule has 0 amide bonds. The summed E-state index contributed by atoms with van der Waals surface area (Å²) in [6.45, 7) is 2.77. The Balaban J connectivity index is 1.92. The molecule has 19 heavy (non-hydrogen) atoms. The Morgan fingerprint density at radius 2 is 2.32 bits per heavy atom. The number of carbonyl (C=O) groups is 1. The van der Waals surface area contributed by atoms with Gasteiger partial charge in [-0.3, -0.25) is 4.79 Å². The first-order valence-corrected chi connectivity index (χ1v) is 6.08. The van der Waals surface area contributed by atoms with Gasteiger partial charge in [0, 0.05) is 19.3 Å². The number of rotatable bonds is 2. The molecule has 7 nitrogen and oxygen atoms in total. The Bertz CT molecular complexity index is 653. The van der Waals surface area contributed by atoms with Crippen LogP contribution in [0.1, 0.15) is 12.0 Å². The summed E-state index contributed by atoms with van der Waals surface area (Å²) < 4.78 is 1.70. The van der Waals surface area contributed by atoms with E-state index in [1.54, 1.807) is 4.52 Å². The van der Waals surface area contributed by atoms with E-state index < -0.39 is 11.5 Å². The van der Waals surface area contributed by atoms with Crippen LogP contribution >= 0.6 is 0 Å². The van der Waals surface area contributed by atoms with Gasteiger partial charge in [-0.2, -0.15) is 4.98 Å². The fourth-order valence-electron chi connectivity index (χ4n) is 2.29. The fourth-order valence-corrected chi connectivity index (χ4v) is 2.29. The third-order valence-corrected chi connectivity index (χ3v) is 3.48. The number of carboxylic acid groups (broad SMARTS) is 1. The summed E-state index contributed by atoms with van der Waals surface area (Å²) in [5, 5.41) is 13.5. The van der Waals surface area contributed by atoms with E-state index in [0.717, 1.165) is 11.2 Å². The molecule has 1 atom stereocenters. The summed E-state index contributed by atoms with van der Waals surface area (Å²) in [4.78, 5) is 17.3. The molecule has 0 aliphatic carbocycles. The summed E-state index contributed by atoms with van der Waals surface area (Å²) >= 11 is 0. The van der Waals surface area contributed by atoms with Crippen LogP contribution in [-0.2, 0) is 4.79 Å². The highest BCUT2D eigenvalue weighted by atomic mass is 16.4. The quantitative estimate of drug-likeness (QED) is 0.791. The standard InChI is InChI=1S/C12H15N5O2/c1-8-2-3-9-14-11(15-17(9)6-8)16-5-4-12(13,7-16)10(18)19/h2-3,6H,4-5,7,13H2,1H3,(H,18,19). The Hall–Kier alpha value is -2.15. The van der Waals surface area contributed by atoms with E-state index >= 15 is 0 Å². The Morgan fingerprint density at radius 3 is 3.00 bits per heavy atom. The average molecular weight is 261 g/mol. The zero-order valence-corrected chi connectivity index (χ0v) is 10.6. The lowest BCUT2D eigenvalue weighted by atomic mass is 10.0. The molecule has 3 N–H and O–H groups in total. The number of hydrogen-bond acceptors (Lipinski definition) is 5. The maximum Gasteiger partial charge on any atom is 0.325 e. The summed E-state index contributed by atoms with van der Waals surface area (Å²) in [5.41, 5.74) is 6.47. The van der Waals surface area contributed by atoms with Crippen LogP contribution in [0.2, 0.25) is 0 Å². The maximum atomic E-state index is 11.1. The van der Waals surface area contributed by atoms with Crippen molar-refractivity contribution in [2.75, 3.05) is 18.0 Å².